The minimum atomic E-state index is -2.01. The van der Waals surface area contributed by atoms with Crippen LogP contribution in [0.2, 0.25) is 18.6 Å². The van der Waals surface area contributed by atoms with E-state index < -0.39 is 25.3 Å². The molecule has 1 heterocycles. The van der Waals surface area contributed by atoms with E-state index in [2.05, 4.69) is 116 Å². The summed E-state index contributed by atoms with van der Waals surface area (Å²) in [5, 5.41) is 5.01. The molecule has 0 N–H and O–H groups in total. The first-order valence-electron chi connectivity index (χ1n) is 13.1. The molecule has 0 bridgehead atoms. The molecular weight excluding hydrogens is 575 g/mol. The molecule has 0 aromatic heterocycles. The normalized spacial score (nSPS) is 22.5. The molecule has 3 aliphatic rings. The summed E-state index contributed by atoms with van der Waals surface area (Å²) in [6.45, 7) is 7.65. The number of allylic oxidation sites excluding steroid dienone is 4. The summed E-state index contributed by atoms with van der Waals surface area (Å²) in [4.78, 5) is 0. The van der Waals surface area contributed by atoms with Crippen LogP contribution in [0.25, 0.3) is 10.9 Å². The number of fused-ring (bicyclic) bond motifs is 3. The molecule has 4 atom stereocenters. The monoisotopic (exact) mass is 610 g/mol. The summed E-state index contributed by atoms with van der Waals surface area (Å²) in [6.07, 6.45) is 8.39. The predicted molar refractivity (Wildman–Crippen MR) is 168 cm³/mol. The van der Waals surface area contributed by atoms with E-state index in [1.54, 1.807) is 7.11 Å². The summed E-state index contributed by atoms with van der Waals surface area (Å²) >= 11 is -0.556. The van der Waals surface area contributed by atoms with Crippen molar-refractivity contribution in [1.29, 1.82) is 0 Å². The van der Waals surface area contributed by atoms with Crippen LogP contribution in [0.4, 0.5) is 22.7 Å². The van der Waals surface area contributed by atoms with Gasteiger partial charge in [0.05, 0.1) is 7.11 Å². The van der Waals surface area contributed by atoms with Gasteiger partial charge in [0.15, 0.2) is 8.24 Å². The zero-order valence-electron chi connectivity index (χ0n) is 23.2. The number of anilines is 2. The van der Waals surface area contributed by atoms with Crippen molar-refractivity contribution in [2.45, 2.75) is 32.0 Å². The van der Waals surface area contributed by atoms with Crippen LogP contribution in [0, 0.1) is 25.2 Å². The van der Waals surface area contributed by atoms with Gasteiger partial charge in [-0.05, 0) is 65.1 Å². The summed E-state index contributed by atoms with van der Waals surface area (Å²) in [7, 11) is 9.49. The second-order valence-corrected chi connectivity index (χ2v) is 17.8. The molecule has 0 spiro atoms. The van der Waals surface area contributed by atoms with Crippen molar-refractivity contribution in [2.75, 3.05) is 11.7 Å². The Labute approximate surface area is 252 Å². The molecule has 3 nitrogen and oxygen atoms in total. The van der Waals surface area contributed by atoms with Crippen molar-refractivity contribution >= 4 is 55.2 Å². The van der Waals surface area contributed by atoms with E-state index in [0.717, 1.165) is 17.1 Å². The van der Waals surface area contributed by atoms with Crippen LogP contribution in [0.1, 0.15) is 18.9 Å². The molecule has 0 radical (unpaired) electrons. The Kier molecular flexibility index (Phi) is 9.78. The molecule has 1 saturated carbocycles. The topological polar surface area (TPSA) is 26.6 Å². The Balaban J connectivity index is 0.000000845. The summed E-state index contributed by atoms with van der Waals surface area (Å²) in [6, 6.07) is 26.0. The van der Waals surface area contributed by atoms with E-state index in [9.17, 15) is 0 Å². The third-order valence-corrected chi connectivity index (χ3v) is 12.6. The van der Waals surface area contributed by atoms with E-state index in [0.29, 0.717) is 23.3 Å². The summed E-state index contributed by atoms with van der Waals surface area (Å²) in [5.74, 6) is 2.66. The quantitative estimate of drug-likeness (QED) is 0.217. The van der Waals surface area contributed by atoms with Gasteiger partial charge in [0.25, 0.3) is 0 Å². The first-order valence-corrected chi connectivity index (χ1v) is 20.4. The Morgan fingerprint density at radius 2 is 1.49 bits per heavy atom. The van der Waals surface area contributed by atoms with E-state index in [1.165, 1.54) is 28.9 Å². The molecule has 39 heavy (non-hydrogen) atoms. The van der Waals surface area contributed by atoms with Crippen molar-refractivity contribution in [3.8, 4) is 5.75 Å². The van der Waals surface area contributed by atoms with Crippen molar-refractivity contribution < 1.29 is 21.8 Å². The minimum absolute atomic E-state index is 0. The number of benzene rings is 3. The van der Waals surface area contributed by atoms with E-state index >= 15 is 0 Å². The van der Waals surface area contributed by atoms with Gasteiger partial charge in [-0.2, -0.15) is 0 Å². The van der Waals surface area contributed by atoms with Gasteiger partial charge in [-0.3, -0.25) is 0 Å². The van der Waals surface area contributed by atoms with E-state index in [1.807, 2.05) is 0 Å². The number of para-hydroxylation sites is 4. The molecule has 1 unspecified atom stereocenters. The van der Waals surface area contributed by atoms with E-state index in [-0.39, 0.29) is 7.43 Å². The fraction of sp³-hybridized carbons (Fsp3) is 0.281. The Bertz CT molecular complexity index is 1300. The van der Waals surface area contributed by atoms with Crippen molar-refractivity contribution in [3.63, 3.8) is 0 Å². The van der Waals surface area contributed by atoms with Gasteiger partial charge in [0.1, 0.15) is 5.75 Å². The van der Waals surface area contributed by atoms with Gasteiger partial charge in [0.2, 0.25) is 0 Å². The van der Waals surface area contributed by atoms with Crippen LogP contribution in [0.3, 0.4) is 0 Å². The summed E-state index contributed by atoms with van der Waals surface area (Å²) in [5.41, 5.74) is 8.15. The van der Waals surface area contributed by atoms with Crippen molar-refractivity contribution in [1.82, 2.24) is 0 Å². The van der Waals surface area contributed by atoms with Gasteiger partial charge in [0, 0.05) is 11.4 Å². The van der Waals surface area contributed by atoms with Crippen LogP contribution in [0.5, 0.6) is 5.75 Å². The average molecular weight is 612 g/mol. The number of halogens is 2. The SMILES string of the molecule is COc1ccc(C2=CC=C[C@@H]3C([Si](C)(C)N4c5ccccc5[N-]c5ccccc54)[C@H](C)C[C@H]23)cc1.[CH3-].[Cl][Ti][Cl]. The number of hydrogen-bond donors (Lipinski definition) is 0. The standard InChI is InChI=1S/C31H33N2OSi.CH3.2ClH.Ti/c1-21-20-26-24(22-16-18-23(34-2)19-17-22)10-9-11-25(26)31(21)35(3,4)33-29-14-7-5-12-27(29)32-28-13-6-8-15-30(28)33;;;;/h5-19,21,25-26,31H,20H2,1-4H3;1H3;2*1H;/q2*-1;;;+2/p-2/t21-,25+,26-,31?;;;;/m1..../s1. The number of nitrogens with zero attached hydrogens (tertiary/aromatic N) is 2. The maximum atomic E-state index is 5.41. The molecule has 1 aliphatic heterocycles. The van der Waals surface area contributed by atoms with Gasteiger partial charge in [-0.25, -0.2) is 0 Å². The fourth-order valence-corrected chi connectivity index (χ4v) is 11.9. The van der Waals surface area contributed by atoms with Crippen LogP contribution >= 0.6 is 18.6 Å². The molecule has 3 aromatic rings. The number of ether oxygens (including phenoxy) is 1. The van der Waals surface area contributed by atoms with Gasteiger partial charge < -0.3 is 22.0 Å². The fourth-order valence-electron chi connectivity index (χ4n) is 7.12. The second kappa shape index (κ2) is 12.7. The second-order valence-electron chi connectivity index (χ2n) is 10.8. The molecular formula is C32H36Cl2N2OSiTi-2. The van der Waals surface area contributed by atoms with Crippen molar-refractivity contribution in [2.24, 2.45) is 17.8 Å². The van der Waals surface area contributed by atoms with Crippen LogP contribution in [0.15, 0.2) is 91.0 Å². The average Bonchev–Trinajstić information content (AvgIpc) is 3.28. The van der Waals surface area contributed by atoms with Crippen molar-refractivity contribution in [3.05, 3.63) is 109 Å². The van der Waals surface area contributed by atoms with E-state index in [4.69, 9.17) is 28.7 Å². The zero-order valence-corrected chi connectivity index (χ0v) is 27.3. The number of methoxy groups -OCH3 is 1. The number of hydrogen-bond acceptors (Lipinski definition) is 2. The van der Waals surface area contributed by atoms with Gasteiger partial charge in [-0.1, -0.05) is 86.8 Å². The Morgan fingerprint density at radius 3 is 2.05 bits per heavy atom. The molecule has 204 valence electrons. The third kappa shape index (κ3) is 5.65. The molecule has 0 amide bonds. The first kappa shape index (κ1) is 30.0. The molecule has 2 aliphatic carbocycles. The third-order valence-electron chi connectivity index (χ3n) is 8.43. The summed E-state index contributed by atoms with van der Waals surface area (Å²) < 4.78 is 8.12. The Hall–Kier alpha value is -1.95. The van der Waals surface area contributed by atoms with Crippen LogP contribution in [-0.4, -0.2) is 15.3 Å². The number of rotatable bonds is 4. The first-order chi connectivity index (χ1) is 18.4. The van der Waals surface area contributed by atoms with Gasteiger partial charge in [-0.15, -0.1) is 11.4 Å². The van der Waals surface area contributed by atoms with Crippen LogP contribution < -0.4 is 9.30 Å². The molecule has 1 fully saturated rings. The maximum absolute atomic E-state index is 5.41. The van der Waals surface area contributed by atoms with Gasteiger partial charge >= 0.3 is 35.6 Å². The zero-order chi connectivity index (χ0) is 26.9. The molecule has 0 saturated heterocycles. The predicted octanol–water partition coefficient (Wildman–Crippen LogP) is 10.8. The Morgan fingerprint density at radius 1 is 0.923 bits per heavy atom. The molecule has 6 rings (SSSR count). The molecule has 3 aromatic carbocycles. The van der Waals surface area contributed by atoms with Crippen LogP contribution in [-0.2, 0) is 17.0 Å². The molecule has 7 heteroatoms.